The Morgan fingerprint density at radius 2 is 1.90 bits per heavy atom. The highest BCUT2D eigenvalue weighted by atomic mass is 32.1. The molecular weight excluding hydrogens is 380 g/mol. The van der Waals surface area contributed by atoms with Gasteiger partial charge < -0.3 is 14.5 Å². The maximum absolute atomic E-state index is 6.28. The summed E-state index contributed by atoms with van der Waals surface area (Å²) < 4.78 is 6.28. The second-order valence-corrected chi connectivity index (χ2v) is 8.88. The lowest BCUT2D eigenvalue weighted by atomic mass is 10.0. The van der Waals surface area contributed by atoms with Gasteiger partial charge in [0.2, 0.25) is 0 Å². The van der Waals surface area contributed by atoms with Gasteiger partial charge in [-0.1, -0.05) is 30.3 Å². The maximum Gasteiger partial charge on any atom is 0.141 e. The highest BCUT2D eigenvalue weighted by Gasteiger charge is 2.25. The molecule has 5 nitrogen and oxygen atoms in total. The third-order valence-corrected chi connectivity index (χ3v) is 6.96. The Hall–Kier alpha value is -2.02. The van der Waals surface area contributed by atoms with E-state index in [0.29, 0.717) is 0 Å². The van der Waals surface area contributed by atoms with Gasteiger partial charge in [0.1, 0.15) is 17.0 Å². The van der Waals surface area contributed by atoms with Crippen molar-refractivity contribution in [1.82, 2.24) is 14.9 Å². The van der Waals surface area contributed by atoms with E-state index in [4.69, 9.17) is 9.72 Å². The predicted octanol–water partition coefficient (Wildman–Crippen LogP) is 4.44. The molecule has 0 amide bonds. The minimum absolute atomic E-state index is 0.287. The number of piperidine rings is 1. The van der Waals surface area contributed by atoms with Crippen molar-refractivity contribution < 1.29 is 4.74 Å². The summed E-state index contributed by atoms with van der Waals surface area (Å²) in [4.78, 5) is 15.3. The summed E-state index contributed by atoms with van der Waals surface area (Å²) in [5.74, 6) is 1.06. The molecule has 0 spiro atoms. The number of aromatic nitrogens is 2. The van der Waals surface area contributed by atoms with E-state index in [1.54, 1.807) is 17.7 Å². The number of nitrogens with zero attached hydrogens (tertiary/aromatic N) is 4. The fourth-order valence-corrected chi connectivity index (χ4v) is 5.46. The number of fused-ring (bicyclic) bond motifs is 1. The normalized spacial score (nSPS) is 20.6. The van der Waals surface area contributed by atoms with Crippen molar-refractivity contribution in [2.24, 2.45) is 0 Å². The molecule has 1 atom stereocenters. The highest BCUT2D eigenvalue weighted by Crippen LogP contribution is 2.38. The van der Waals surface area contributed by atoms with E-state index in [2.05, 4.69) is 50.5 Å². The average molecular weight is 409 g/mol. The summed E-state index contributed by atoms with van der Waals surface area (Å²) in [5.41, 5.74) is 2.46. The molecule has 2 aromatic heterocycles. The van der Waals surface area contributed by atoms with E-state index in [0.717, 1.165) is 49.7 Å². The third kappa shape index (κ3) is 4.15. The summed E-state index contributed by atoms with van der Waals surface area (Å²) >= 11 is 1.70. The van der Waals surface area contributed by atoms with E-state index in [1.165, 1.54) is 42.4 Å². The van der Waals surface area contributed by atoms with Crippen LogP contribution in [0.1, 0.15) is 25.7 Å². The Kier molecular flexibility index (Phi) is 5.74. The Morgan fingerprint density at radius 3 is 2.76 bits per heavy atom. The smallest absolute Gasteiger partial charge is 0.141 e. The van der Waals surface area contributed by atoms with Gasteiger partial charge in [0, 0.05) is 30.6 Å². The predicted molar refractivity (Wildman–Crippen MR) is 120 cm³/mol. The molecule has 0 bridgehead atoms. The van der Waals surface area contributed by atoms with Crippen molar-refractivity contribution in [1.29, 1.82) is 0 Å². The van der Waals surface area contributed by atoms with Gasteiger partial charge in [-0.3, -0.25) is 0 Å². The van der Waals surface area contributed by atoms with Crippen LogP contribution in [-0.4, -0.2) is 60.3 Å². The van der Waals surface area contributed by atoms with Crippen molar-refractivity contribution in [2.45, 2.75) is 31.8 Å². The van der Waals surface area contributed by atoms with Crippen molar-refractivity contribution in [3.8, 4) is 11.1 Å². The molecule has 3 aromatic rings. The molecule has 4 heterocycles. The van der Waals surface area contributed by atoms with Crippen LogP contribution in [0, 0.1) is 0 Å². The Bertz CT molecular complexity index is 938. The van der Waals surface area contributed by atoms with Crippen molar-refractivity contribution in [3.05, 3.63) is 42.0 Å². The lowest BCUT2D eigenvalue weighted by molar-refractivity contribution is 0.0324. The van der Waals surface area contributed by atoms with Gasteiger partial charge >= 0.3 is 0 Å². The zero-order valence-corrected chi connectivity index (χ0v) is 17.6. The van der Waals surface area contributed by atoms with Gasteiger partial charge in [0.05, 0.1) is 18.1 Å². The van der Waals surface area contributed by atoms with E-state index in [-0.39, 0.29) is 6.10 Å². The van der Waals surface area contributed by atoms with E-state index in [9.17, 15) is 0 Å². The molecule has 5 rings (SSSR count). The van der Waals surface area contributed by atoms with E-state index in [1.807, 2.05) is 0 Å². The summed E-state index contributed by atoms with van der Waals surface area (Å²) in [6, 6.07) is 10.6. The first-order valence-electron chi connectivity index (χ1n) is 10.7. The van der Waals surface area contributed by atoms with Gasteiger partial charge in [0.25, 0.3) is 0 Å². The Morgan fingerprint density at radius 1 is 1.03 bits per heavy atom. The van der Waals surface area contributed by atoms with Crippen molar-refractivity contribution in [2.75, 3.05) is 44.2 Å². The lowest BCUT2D eigenvalue weighted by Crippen LogP contribution is -2.41. The molecule has 2 aliphatic heterocycles. The zero-order chi connectivity index (χ0) is 19.5. The minimum Gasteiger partial charge on any atom is -0.375 e. The first kappa shape index (κ1) is 19.0. The number of benzene rings is 1. The molecular formula is C23H28N4OS. The third-order valence-electron chi connectivity index (χ3n) is 6.07. The molecule has 1 aromatic carbocycles. The number of likely N-dealkylation sites (tertiary alicyclic amines) is 1. The SMILES string of the molecule is c1ccc(-c2csc3ncnc(N4CCCC(OCCN5CCCC5)C4)c23)cc1. The first-order valence-corrected chi connectivity index (χ1v) is 11.6. The van der Waals surface area contributed by atoms with Crippen LogP contribution in [0.3, 0.4) is 0 Å². The van der Waals surface area contributed by atoms with E-state index >= 15 is 0 Å². The van der Waals surface area contributed by atoms with Gasteiger partial charge in [-0.15, -0.1) is 11.3 Å². The van der Waals surface area contributed by atoms with Crippen LogP contribution in [-0.2, 0) is 4.74 Å². The highest BCUT2D eigenvalue weighted by molar-refractivity contribution is 7.17. The largest absolute Gasteiger partial charge is 0.375 e. The number of hydrogen-bond donors (Lipinski definition) is 0. The zero-order valence-electron chi connectivity index (χ0n) is 16.8. The number of anilines is 1. The minimum atomic E-state index is 0.287. The summed E-state index contributed by atoms with van der Waals surface area (Å²) in [6.07, 6.45) is 6.96. The molecule has 29 heavy (non-hydrogen) atoms. The summed E-state index contributed by atoms with van der Waals surface area (Å²) in [7, 11) is 0. The average Bonchev–Trinajstić information content (AvgIpc) is 3.44. The van der Waals surface area contributed by atoms with Crippen LogP contribution in [0.15, 0.2) is 42.0 Å². The second kappa shape index (κ2) is 8.78. The van der Waals surface area contributed by atoms with Crippen LogP contribution in [0.25, 0.3) is 21.3 Å². The first-order chi connectivity index (χ1) is 14.4. The van der Waals surface area contributed by atoms with E-state index < -0.39 is 0 Å². The molecule has 0 radical (unpaired) electrons. The van der Waals surface area contributed by atoms with Crippen LogP contribution in [0.5, 0.6) is 0 Å². The number of ether oxygens (including phenoxy) is 1. The quantitative estimate of drug-likeness (QED) is 0.603. The molecule has 2 saturated heterocycles. The molecule has 6 heteroatoms. The van der Waals surface area contributed by atoms with Gasteiger partial charge in [-0.25, -0.2) is 9.97 Å². The standard InChI is InChI=1S/C23H28N4OS/c1-2-7-18(8-3-1)20-16-29-23-21(20)22(24-17-25-23)27-12-6-9-19(15-27)28-14-13-26-10-4-5-11-26/h1-3,7-8,16-17,19H,4-6,9-15H2. The fourth-order valence-electron chi connectivity index (χ4n) is 4.55. The van der Waals surface area contributed by atoms with Crippen molar-refractivity contribution in [3.63, 3.8) is 0 Å². The second-order valence-electron chi connectivity index (χ2n) is 8.02. The molecule has 0 aliphatic carbocycles. The number of thiophene rings is 1. The lowest BCUT2D eigenvalue weighted by Gasteiger charge is -2.34. The maximum atomic E-state index is 6.28. The van der Waals surface area contributed by atoms with Crippen LogP contribution in [0.2, 0.25) is 0 Å². The van der Waals surface area contributed by atoms with Gasteiger partial charge in [-0.2, -0.15) is 0 Å². The summed E-state index contributed by atoms with van der Waals surface area (Å²) in [6.45, 7) is 6.32. The molecule has 2 fully saturated rings. The fraction of sp³-hybridized carbons (Fsp3) is 0.478. The molecule has 1 unspecified atom stereocenters. The number of rotatable bonds is 6. The molecule has 0 N–H and O–H groups in total. The van der Waals surface area contributed by atoms with Crippen LogP contribution >= 0.6 is 11.3 Å². The Labute approximate surface area is 176 Å². The van der Waals surface area contributed by atoms with Gasteiger partial charge in [0.15, 0.2) is 0 Å². The monoisotopic (exact) mass is 408 g/mol. The molecule has 0 saturated carbocycles. The van der Waals surface area contributed by atoms with Crippen LogP contribution < -0.4 is 4.90 Å². The topological polar surface area (TPSA) is 41.5 Å². The van der Waals surface area contributed by atoms with Crippen molar-refractivity contribution >= 4 is 27.4 Å². The van der Waals surface area contributed by atoms with Gasteiger partial charge in [-0.05, 0) is 44.3 Å². The van der Waals surface area contributed by atoms with Crippen LogP contribution in [0.4, 0.5) is 5.82 Å². The Balaban J connectivity index is 1.34. The molecule has 152 valence electrons. The molecule has 2 aliphatic rings. The number of hydrogen-bond acceptors (Lipinski definition) is 6. The summed E-state index contributed by atoms with van der Waals surface area (Å²) in [5, 5.41) is 3.40.